The molecule has 1 saturated heterocycles. The first kappa shape index (κ1) is 19.4. The molecule has 0 unspecified atom stereocenters. The van der Waals surface area contributed by atoms with Gasteiger partial charge in [0.15, 0.2) is 0 Å². The lowest BCUT2D eigenvalue weighted by Crippen LogP contribution is -2.39. The van der Waals surface area contributed by atoms with Crippen LogP contribution in [-0.2, 0) is 14.3 Å². The van der Waals surface area contributed by atoms with E-state index in [2.05, 4.69) is 20.3 Å². The van der Waals surface area contributed by atoms with E-state index < -0.39 is 11.9 Å². The first-order valence-corrected chi connectivity index (χ1v) is 8.28. The fourth-order valence-corrected chi connectivity index (χ4v) is 2.44. The van der Waals surface area contributed by atoms with E-state index in [1.165, 1.54) is 19.4 Å². The zero-order chi connectivity index (χ0) is 18.8. The molecule has 0 radical (unpaired) electrons. The van der Waals surface area contributed by atoms with Crippen molar-refractivity contribution in [1.29, 1.82) is 5.26 Å². The van der Waals surface area contributed by atoms with Gasteiger partial charge < -0.3 is 20.1 Å². The highest BCUT2D eigenvalue weighted by atomic mass is 16.5. The molecule has 1 heterocycles. The fraction of sp³-hybridized carbons (Fsp3) is 0.389. The minimum atomic E-state index is -0.595. The summed E-state index contributed by atoms with van der Waals surface area (Å²) in [6.07, 6.45) is 1.39. The Morgan fingerprint density at radius 3 is 2.77 bits per heavy atom. The van der Waals surface area contributed by atoms with Crippen molar-refractivity contribution in [3.63, 3.8) is 0 Å². The van der Waals surface area contributed by atoms with Crippen LogP contribution in [0.5, 0.6) is 0 Å². The molecule has 1 fully saturated rings. The van der Waals surface area contributed by atoms with Gasteiger partial charge in [-0.25, -0.2) is 4.79 Å². The first-order chi connectivity index (χ1) is 12.7. The molecule has 1 amide bonds. The Balaban J connectivity index is 1.92. The maximum Gasteiger partial charge on any atom is 0.339 e. The number of hydrogen-bond acceptors (Lipinski definition) is 7. The summed E-state index contributed by atoms with van der Waals surface area (Å²) in [7, 11) is 1.26. The summed E-state index contributed by atoms with van der Waals surface area (Å²) in [5, 5.41) is 14.8. The summed E-state index contributed by atoms with van der Waals surface area (Å²) >= 11 is 0. The third-order valence-electron chi connectivity index (χ3n) is 3.87. The third kappa shape index (κ3) is 5.58. The Bertz CT molecular complexity index is 705. The zero-order valence-electron chi connectivity index (χ0n) is 14.7. The number of para-hydroxylation sites is 1. The lowest BCUT2D eigenvalue weighted by molar-refractivity contribution is -0.112. The van der Waals surface area contributed by atoms with E-state index in [1.807, 2.05) is 6.07 Å². The van der Waals surface area contributed by atoms with Crippen molar-refractivity contribution in [2.45, 2.75) is 0 Å². The van der Waals surface area contributed by atoms with Gasteiger partial charge in [-0.15, -0.1) is 0 Å². The molecule has 8 heteroatoms. The topological polar surface area (TPSA) is 104 Å². The predicted octanol–water partition coefficient (Wildman–Crippen LogP) is 0.741. The molecule has 8 nitrogen and oxygen atoms in total. The summed E-state index contributed by atoms with van der Waals surface area (Å²) in [6, 6.07) is 8.32. The van der Waals surface area contributed by atoms with Gasteiger partial charge in [0, 0.05) is 32.4 Å². The van der Waals surface area contributed by atoms with Crippen molar-refractivity contribution < 1.29 is 19.1 Å². The zero-order valence-corrected chi connectivity index (χ0v) is 14.7. The number of esters is 1. The number of morpholine rings is 1. The van der Waals surface area contributed by atoms with Gasteiger partial charge in [0.2, 0.25) is 0 Å². The number of benzene rings is 1. The summed E-state index contributed by atoms with van der Waals surface area (Å²) in [5.74, 6) is -1.16. The van der Waals surface area contributed by atoms with Crippen LogP contribution in [0.15, 0.2) is 36.0 Å². The number of carbonyl (C=O) groups excluding carboxylic acids is 2. The summed E-state index contributed by atoms with van der Waals surface area (Å²) < 4.78 is 9.97. The largest absolute Gasteiger partial charge is 0.465 e. The number of nitrogens with one attached hydrogen (secondary N) is 2. The van der Waals surface area contributed by atoms with Gasteiger partial charge in [-0.05, 0) is 12.1 Å². The maximum atomic E-state index is 12.3. The summed E-state index contributed by atoms with van der Waals surface area (Å²) in [6.45, 7) is 4.60. The molecular weight excluding hydrogens is 336 g/mol. The van der Waals surface area contributed by atoms with Crippen LogP contribution in [-0.4, -0.2) is 63.3 Å². The molecule has 138 valence electrons. The van der Waals surface area contributed by atoms with Crippen LogP contribution in [0.25, 0.3) is 0 Å². The van der Waals surface area contributed by atoms with E-state index in [4.69, 9.17) is 4.74 Å². The molecule has 2 N–H and O–H groups in total. The Labute approximate surface area is 152 Å². The number of anilines is 1. The Morgan fingerprint density at radius 2 is 2.08 bits per heavy atom. The minimum absolute atomic E-state index is 0.0772. The highest BCUT2D eigenvalue weighted by Crippen LogP contribution is 2.16. The Hall–Kier alpha value is -2.89. The van der Waals surface area contributed by atoms with Crippen LogP contribution >= 0.6 is 0 Å². The van der Waals surface area contributed by atoms with Crippen molar-refractivity contribution in [2.24, 2.45) is 0 Å². The number of hydrogen-bond donors (Lipinski definition) is 2. The van der Waals surface area contributed by atoms with Crippen LogP contribution in [0.2, 0.25) is 0 Å². The van der Waals surface area contributed by atoms with Crippen molar-refractivity contribution in [3.8, 4) is 6.07 Å². The minimum Gasteiger partial charge on any atom is -0.465 e. The fourth-order valence-electron chi connectivity index (χ4n) is 2.44. The third-order valence-corrected chi connectivity index (χ3v) is 3.87. The van der Waals surface area contributed by atoms with E-state index in [-0.39, 0.29) is 11.1 Å². The van der Waals surface area contributed by atoms with Gasteiger partial charge >= 0.3 is 5.97 Å². The van der Waals surface area contributed by atoms with Crippen molar-refractivity contribution in [3.05, 3.63) is 41.6 Å². The van der Waals surface area contributed by atoms with E-state index in [0.717, 1.165) is 32.8 Å². The van der Waals surface area contributed by atoms with Gasteiger partial charge in [-0.1, -0.05) is 12.1 Å². The van der Waals surface area contributed by atoms with Crippen molar-refractivity contribution in [2.75, 3.05) is 51.8 Å². The first-order valence-electron chi connectivity index (χ1n) is 8.28. The molecule has 1 aliphatic heterocycles. The van der Waals surface area contributed by atoms with Gasteiger partial charge in [0.05, 0.1) is 31.6 Å². The highest BCUT2D eigenvalue weighted by molar-refractivity contribution is 6.09. The molecule has 0 atom stereocenters. The monoisotopic (exact) mass is 358 g/mol. The second kappa shape index (κ2) is 10.2. The summed E-state index contributed by atoms with van der Waals surface area (Å²) in [4.78, 5) is 26.3. The number of nitriles is 1. The quantitative estimate of drug-likeness (QED) is 0.321. The van der Waals surface area contributed by atoms with Gasteiger partial charge in [0.25, 0.3) is 5.91 Å². The number of ether oxygens (including phenoxy) is 2. The standard InChI is InChI=1S/C18H22N4O4/c1-25-18(24)15-4-2-3-5-16(15)21-17(23)14(12-19)13-20-6-7-22-8-10-26-11-9-22/h2-5,13,20H,6-11H2,1H3,(H,21,23)/b14-13-. The van der Waals surface area contributed by atoms with E-state index >= 15 is 0 Å². The highest BCUT2D eigenvalue weighted by Gasteiger charge is 2.15. The second-order valence-corrected chi connectivity index (χ2v) is 5.57. The molecule has 0 saturated carbocycles. The molecule has 0 aromatic heterocycles. The van der Waals surface area contributed by atoms with Crippen LogP contribution in [0, 0.1) is 11.3 Å². The van der Waals surface area contributed by atoms with Crippen LogP contribution in [0.3, 0.4) is 0 Å². The van der Waals surface area contributed by atoms with Crippen LogP contribution < -0.4 is 10.6 Å². The second-order valence-electron chi connectivity index (χ2n) is 5.57. The molecule has 2 rings (SSSR count). The van der Waals surface area contributed by atoms with Crippen molar-refractivity contribution >= 4 is 17.6 Å². The maximum absolute atomic E-state index is 12.3. The number of nitrogens with zero attached hydrogens (tertiary/aromatic N) is 2. The molecule has 0 bridgehead atoms. The van der Waals surface area contributed by atoms with E-state index in [1.54, 1.807) is 18.2 Å². The van der Waals surface area contributed by atoms with Gasteiger partial charge in [-0.2, -0.15) is 5.26 Å². The molecule has 26 heavy (non-hydrogen) atoms. The predicted molar refractivity (Wildman–Crippen MR) is 95.4 cm³/mol. The van der Waals surface area contributed by atoms with E-state index in [0.29, 0.717) is 12.2 Å². The molecule has 0 aliphatic carbocycles. The number of carbonyl (C=O) groups is 2. The number of amides is 1. The van der Waals surface area contributed by atoms with Crippen molar-refractivity contribution in [1.82, 2.24) is 10.2 Å². The lowest BCUT2D eigenvalue weighted by Gasteiger charge is -2.26. The average Bonchev–Trinajstić information content (AvgIpc) is 2.68. The number of rotatable bonds is 7. The SMILES string of the molecule is COC(=O)c1ccccc1NC(=O)/C(C#N)=C\NCCN1CCOCC1. The molecule has 1 aliphatic rings. The normalized spacial score (nSPS) is 15.0. The van der Waals surface area contributed by atoms with E-state index in [9.17, 15) is 14.9 Å². The average molecular weight is 358 g/mol. The lowest BCUT2D eigenvalue weighted by atomic mass is 10.1. The molecular formula is C18H22N4O4. The Kier molecular flexibility index (Phi) is 7.61. The van der Waals surface area contributed by atoms with Crippen LogP contribution in [0.1, 0.15) is 10.4 Å². The molecule has 1 aromatic rings. The van der Waals surface area contributed by atoms with Gasteiger partial charge in [-0.3, -0.25) is 9.69 Å². The molecule has 1 aromatic carbocycles. The molecule has 0 spiro atoms. The smallest absolute Gasteiger partial charge is 0.339 e. The van der Waals surface area contributed by atoms with Crippen LogP contribution in [0.4, 0.5) is 5.69 Å². The van der Waals surface area contributed by atoms with Gasteiger partial charge in [0.1, 0.15) is 11.6 Å². The number of methoxy groups -OCH3 is 1. The summed E-state index contributed by atoms with van der Waals surface area (Å²) in [5.41, 5.74) is 0.436. The Morgan fingerprint density at radius 1 is 1.35 bits per heavy atom.